The van der Waals surface area contributed by atoms with E-state index in [0.717, 1.165) is 5.56 Å². The minimum Gasteiger partial charge on any atom is -0.394 e. The van der Waals surface area contributed by atoms with Crippen LogP contribution >= 0.6 is 11.6 Å². The van der Waals surface area contributed by atoms with Crippen LogP contribution in [0.2, 0.25) is 5.02 Å². The number of hydrogen-bond acceptors (Lipinski definition) is 6. The van der Waals surface area contributed by atoms with Gasteiger partial charge in [-0.2, -0.15) is 0 Å². The molecule has 0 aliphatic rings. The highest BCUT2D eigenvalue weighted by Gasteiger charge is 2.17. The third-order valence-corrected chi connectivity index (χ3v) is 7.04. The van der Waals surface area contributed by atoms with Crippen molar-refractivity contribution in [2.45, 2.75) is 50.5 Å². The molecule has 0 heterocycles. The van der Waals surface area contributed by atoms with Gasteiger partial charge in [0.1, 0.15) is 0 Å². The van der Waals surface area contributed by atoms with Crippen LogP contribution in [0, 0.1) is 0 Å². The second-order valence-corrected chi connectivity index (χ2v) is 11.3. The van der Waals surface area contributed by atoms with Gasteiger partial charge < -0.3 is 19.9 Å². The molecule has 190 valence electrons. The van der Waals surface area contributed by atoms with Crippen molar-refractivity contribution in [1.82, 2.24) is 4.72 Å². The Kier molecular flexibility index (Phi) is 11.3. The highest BCUT2D eigenvalue weighted by molar-refractivity contribution is 7.89. The minimum atomic E-state index is -3.67. The lowest BCUT2D eigenvalue weighted by molar-refractivity contribution is 0.0328. The number of anilines is 1. The van der Waals surface area contributed by atoms with Gasteiger partial charge >= 0.3 is 0 Å². The van der Waals surface area contributed by atoms with Gasteiger partial charge in [0.05, 0.1) is 42.0 Å². The van der Waals surface area contributed by atoms with Gasteiger partial charge in [0.2, 0.25) is 10.0 Å². The van der Waals surface area contributed by atoms with Gasteiger partial charge in [-0.1, -0.05) is 56.6 Å². The summed E-state index contributed by atoms with van der Waals surface area (Å²) in [5.41, 5.74) is 3.15. The minimum absolute atomic E-state index is 0.00106. The van der Waals surface area contributed by atoms with Gasteiger partial charge in [-0.15, -0.1) is 0 Å². The van der Waals surface area contributed by atoms with E-state index in [1.54, 1.807) is 12.1 Å². The van der Waals surface area contributed by atoms with Gasteiger partial charge in [-0.3, -0.25) is 0 Å². The molecule has 2 aromatic carbocycles. The first kappa shape index (κ1) is 28.6. The summed E-state index contributed by atoms with van der Waals surface area (Å²) in [5, 5.41) is 12.3. The van der Waals surface area contributed by atoms with Crippen LogP contribution < -0.4 is 10.0 Å². The lowest BCUT2D eigenvalue weighted by Gasteiger charge is -2.21. The average Bonchev–Trinajstić information content (AvgIpc) is 2.78. The van der Waals surface area contributed by atoms with E-state index >= 15 is 0 Å². The topological polar surface area (TPSA) is 96.9 Å². The van der Waals surface area contributed by atoms with E-state index < -0.39 is 10.0 Å². The lowest BCUT2D eigenvalue weighted by Crippen LogP contribution is -2.25. The van der Waals surface area contributed by atoms with Crippen molar-refractivity contribution in [2.24, 2.45) is 0 Å². The predicted octanol–water partition coefficient (Wildman–Crippen LogP) is 4.50. The zero-order chi connectivity index (χ0) is 25.2. The summed E-state index contributed by atoms with van der Waals surface area (Å²) in [6.45, 7) is 10.3. The molecule has 34 heavy (non-hydrogen) atoms. The summed E-state index contributed by atoms with van der Waals surface area (Å²) in [7, 11) is -3.67. The molecule has 7 nitrogen and oxygen atoms in total. The summed E-state index contributed by atoms with van der Waals surface area (Å²) < 4.78 is 38.2. The molecule has 1 atom stereocenters. The first-order valence-corrected chi connectivity index (χ1v) is 13.3. The monoisotopic (exact) mass is 512 g/mol. The molecule has 0 aliphatic carbocycles. The molecule has 3 N–H and O–H groups in total. The van der Waals surface area contributed by atoms with Crippen molar-refractivity contribution >= 4 is 27.3 Å². The van der Waals surface area contributed by atoms with Gasteiger partial charge in [0.15, 0.2) is 0 Å². The van der Waals surface area contributed by atoms with Crippen LogP contribution in [-0.4, -0.2) is 53.1 Å². The van der Waals surface area contributed by atoms with E-state index in [9.17, 15) is 8.42 Å². The number of rotatable bonds is 14. The van der Waals surface area contributed by atoms with E-state index in [0.29, 0.717) is 37.0 Å². The van der Waals surface area contributed by atoms with Crippen molar-refractivity contribution in [3.63, 3.8) is 0 Å². The number of aliphatic hydroxyl groups is 1. The fourth-order valence-corrected chi connectivity index (χ4v) is 4.62. The van der Waals surface area contributed by atoms with E-state index in [4.69, 9.17) is 26.2 Å². The van der Waals surface area contributed by atoms with E-state index in [2.05, 4.69) is 55.1 Å². The molecule has 0 saturated carbocycles. The first-order chi connectivity index (χ1) is 16.0. The van der Waals surface area contributed by atoms with Crippen LogP contribution in [0.15, 0.2) is 47.4 Å². The van der Waals surface area contributed by atoms with Crippen LogP contribution in [-0.2, 0) is 24.9 Å². The fourth-order valence-electron chi connectivity index (χ4n) is 3.22. The third-order valence-electron chi connectivity index (χ3n) is 5.26. The van der Waals surface area contributed by atoms with Gasteiger partial charge in [0.25, 0.3) is 0 Å². The Morgan fingerprint density at radius 3 is 2.24 bits per heavy atom. The van der Waals surface area contributed by atoms with Crippen LogP contribution in [0.5, 0.6) is 0 Å². The van der Waals surface area contributed by atoms with E-state index in [-0.39, 0.29) is 36.1 Å². The molecular formula is C25H37ClN2O5S. The van der Waals surface area contributed by atoms with Crippen molar-refractivity contribution in [1.29, 1.82) is 0 Å². The van der Waals surface area contributed by atoms with Crippen molar-refractivity contribution < 1.29 is 23.0 Å². The molecule has 0 bridgehead atoms. The summed E-state index contributed by atoms with van der Waals surface area (Å²) in [5.74, 6) is 0. The van der Waals surface area contributed by atoms with Crippen molar-refractivity contribution in [3.05, 3.63) is 58.6 Å². The second kappa shape index (κ2) is 13.4. The van der Waals surface area contributed by atoms with Crippen molar-refractivity contribution in [2.75, 3.05) is 44.9 Å². The zero-order valence-corrected chi connectivity index (χ0v) is 22.0. The molecule has 0 aliphatic heterocycles. The first-order valence-electron chi connectivity index (χ1n) is 11.5. The number of sulfonamides is 1. The van der Waals surface area contributed by atoms with Crippen molar-refractivity contribution in [3.8, 4) is 0 Å². The van der Waals surface area contributed by atoms with Crippen LogP contribution in [0.25, 0.3) is 0 Å². The Hall–Kier alpha value is -1.68. The van der Waals surface area contributed by atoms with Gasteiger partial charge in [-0.05, 0) is 48.1 Å². The number of halogens is 1. The Bertz CT molecular complexity index is 991. The quantitative estimate of drug-likeness (QED) is 0.322. The summed E-state index contributed by atoms with van der Waals surface area (Å²) in [4.78, 5) is 0.114. The molecule has 0 saturated heterocycles. The third kappa shape index (κ3) is 9.17. The predicted molar refractivity (Wildman–Crippen MR) is 137 cm³/mol. The van der Waals surface area contributed by atoms with Crippen LogP contribution in [0.4, 0.5) is 5.69 Å². The second-order valence-electron chi connectivity index (χ2n) is 9.08. The maximum Gasteiger partial charge on any atom is 0.240 e. The Morgan fingerprint density at radius 2 is 1.65 bits per heavy atom. The van der Waals surface area contributed by atoms with Crippen LogP contribution in [0.3, 0.4) is 0 Å². The summed E-state index contributed by atoms with van der Waals surface area (Å²) in [6.07, 6.45) is 0.526. The maximum absolute atomic E-state index is 12.6. The molecule has 0 amide bonds. The number of aliphatic hydroxyl groups excluding tert-OH is 1. The fraction of sp³-hybridized carbons (Fsp3) is 0.520. The van der Waals surface area contributed by atoms with Crippen LogP contribution in [0.1, 0.15) is 51.3 Å². The highest BCUT2D eigenvalue weighted by atomic mass is 35.5. The highest BCUT2D eigenvalue weighted by Crippen LogP contribution is 2.30. The molecule has 0 radical (unpaired) electrons. The van der Waals surface area contributed by atoms with Gasteiger partial charge in [-0.25, -0.2) is 13.1 Å². The lowest BCUT2D eigenvalue weighted by atomic mass is 9.86. The molecule has 0 fully saturated rings. The SMILES string of the molecule is C[C@H](Nc1ccc(S(=O)(=O)NCCCOCCOCCO)cc1Cl)c1ccc(C(C)(C)C)cc1. The average molecular weight is 513 g/mol. The molecule has 0 aromatic heterocycles. The largest absolute Gasteiger partial charge is 0.394 e. The molecule has 9 heteroatoms. The number of ether oxygens (including phenoxy) is 2. The Balaban J connectivity index is 1.87. The maximum atomic E-state index is 12.6. The summed E-state index contributed by atoms with van der Waals surface area (Å²) >= 11 is 6.40. The standard InChI is InChI=1S/C25H37ClN2O5S/c1-19(20-6-8-21(9-7-20)25(2,3)4)28-24-11-10-22(18-23(24)26)34(30,31)27-12-5-14-32-16-17-33-15-13-29/h6-11,18-19,27-29H,5,12-17H2,1-4H3/t19-/m0/s1. The normalized spacial score (nSPS) is 13.1. The van der Waals surface area contributed by atoms with E-state index in [1.165, 1.54) is 11.6 Å². The van der Waals surface area contributed by atoms with Gasteiger partial charge in [0, 0.05) is 19.2 Å². The number of nitrogens with one attached hydrogen (secondary N) is 2. The Morgan fingerprint density at radius 1 is 1.00 bits per heavy atom. The molecule has 0 unspecified atom stereocenters. The zero-order valence-electron chi connectivity index (χ0n) is 20.4. The number of hydrogen-bond donors (Lipinski definition) is 3. The Labute approximate surface area is 208 Å². The summed E-state index contributed by atoms with van der Waals surface area (Å²) in [6, 6.07) is 13.1. The molecule has 2 rings (SSSR count). The molecule has 0 spiro atoms. The van der Waals surface area contributed by atoms with E-state index in [1.807, 2.05) is 6.92 Å². The molecular weight excluding hydrogens is 476 g/mol. The molecule has 2 aromatic rings. The number of benzene rings is 2. The smallest absolute Gasteiger partial charge is 0.240 e.